The zero-order valence-electron chi connectivity index (χ0n) is 13.9. The number of hydrogen-bond acceptors (Lipinski definition) is 3. The number of hydrogen-bond donors (Lipinski definition) is 1. The second kappa shape index (κ2) is 6.32. The molecule has 2 aliphatic rings. The van der Waals surface area contributed by atoms with Gasteiger partial charge in [-0.3, -0.25) is 9.69 Å². The lowest BCUT2D eigenvalue weighted by molar-refractivity contribution is -0.133. The standard InChI is InChI=1S/C18H25N3O2/c1-3-18(14-9-5-4-6-10-14)16(22)21(17(23)19-18)13-20(2)15-11-7-8-12-15/h4-6,9-10,15H,3,7-8,11-13H2,1-2H3,(H,19,23). The van der Waals surface area contributed by atoms with E-state index in [-0.39, 0.29) is 11.9 Å². The van der Waals surface area contributed by atoms with Crippen LogP contribution in [0.3, 0.4) is 0 Å². The van der Waals surface area contributed by atoms with Crippen LogP contribution in [-0.2, 0) is 10.3 Å². The maximum atomic E-state index is 13.0. The zero-order valence-corrected chi connectivity index (χ0v) is 13.9. The van der Waals surface area contributed by atoms with E-state index in [2.05, 4.69) is 10.2 Å². The van der Waals surface area contributed by atoms with Crippen molar-refractivity contribution in [2.75, 3.05) is 13.7 Å². The predicted octanol–water partition coefficient (Wildman–Crippen LogP) is 2.68. The van der Waals surface area contributed by atoms with Gasteiger partial charge in [0.25, 0.3) is 5.91 Å². The van der Waals surface area contributed by atoms with Crippen molar-refractivity contribution in [3.8, 4) is 0 Å². The molecule has 1 heterocycles. The monoisotopic (exact) mass is 315 g/mol. The highest BCUT2D eigenvalue weighted by Crippen LogP contribution is 2.33. The van der Waals surface area contributed by atoms with Crippen molar-refractivity contribution in [3.63, 3.8) is 0 Å². The van der Waals surface area contributed by atoms with Gasteiger partial charge in [-0.1, -0.05) is 50.1 Å². The average Bonchev–Trinajstić information content (AvgIpc) is 3.19. The number of urea groups is 1. The van der Waals surface area contributed by atoms with E-state index in [0.29, 0.717) is 19.1 Å². The minimum absolute atomic E-state index is 0.138. The van der Waals surface area contributed by atoms with Crippen molar-refractivity contribution in [1.29, 1.82) is 0 Å². The van der Waals surface area contributed by atoms with E-state index in [4.69, 9.17) is 0 Å². The molecule has 3 rings (SSSR count). The van der Waals surface area contributed by atoms with Crippen LogP contribution in [0.1, 0.15) is 44.6 Å². The fraction of sp³-hybridized carbons (Fsp3) is 0.556. The molecule has 1 saturated carbocycles. The summed E-state index contributed by atoms with van der Waals surface area (Å²) in [6.45, 7) is 2.30. The van der Waals surface area contributed by atoms with Crippen molar-refractivity contribution in [1.82, 2.24) is 15.1 Å². The molecule has 124 valence electrons. The SMILES string of the molecule is CCC1(c2ccccc2)NC(=O)N(CN(C)C2CCCC2)C1=O. The molecule has 1 aromatic carbocycles. The number of rotatable bonds is 5. The van der Waals surface area contributed by atoms with Gasteiger partial charge < -0.3 is 5.32 Å². The molecule has 23 heavy (non-hydrogen) atoms. The van der Waals surface area contributed by atoms with Crippen LogP contribution in [-0.4, -0.2) is 41.5 Å². The van der Waals surface area contributed by atoms with Gasteiger partial charge in [0.2, 0.25) is 0 Å². The Bertz CT molecular complexity index is 583. The Morgan fingerprint density at radius 2 is 1.87 bits per heavy atom. The van der Waals surface area contributed by atoms with Crippen molar-refractivity contribution in [3.05, 3.63) is 35.9 Å². The lowest BCUT2D eigenvalue weighted by atomic mass is 9.87. The highest BCUT2D eigenvalue weighted by Gasteiger charge is 2.51. The van der Waals surface area contributed by atoms with Crippen LogP contribution < -0.4 is 5.32 Å². The molecule has 1 aromatic rings. The number of carbonyl (C=O) groups is 2. The first-order valence-corrected chi connectivity index (χ1v) is 8.48. The Morgan fingerprint density at radius 3 is 2.48 bits per heavy atom. The zero-order chi connectivity index (χ0) is 16.4. The van der Waals surface area contributed by atoms with Crippen LogP contribution in [0.15, 0.2) is 30.3 Å². The van der Waals surface area contributed by atoms with Crippen LogP contribution in [0.4, 0.5) is 4.79 Å². The third-order valence-corrected chi connectivity index (χ3v) is 5.29. The first-order valence-electron chi connectivity index (χ1n) is 8.48. The van der Waals surface area contributed by atoms with Gasteiger partial charge in [0.1, 0.15) is 5.54 Å². The van der Waals surface area contributed by atoms with E-state index in [1.807, 2.05) is 44.3 Å². The average molecular weight is 315 g/mol. The Kier molecular flexibility index (Phi) is 4.39. The molecule has 0 radical (unpaired) electrons. The summed E-state index contributed by atoms with van der Waals surface area (Å²) in [5, 5.41) is 2.94. The molecular weight excluding hydrogens is 290 g/mol. The summed E-state index contributed by atoms with van der Waals surface area (Å²) in [5.74, 6) is -0.138. The normalized spacial score (nSPS) is 25.4. The molecule has 2 fully saturated rings. The Labute approximate surface area is 137 Å². The summed E-state index contributed by atoms with van der Waals surface area (Å²) in [5.41, 5.74) is -0.0682. The lowest BCUT2D eigenvalue weighted by Gasteiger charge is -2.29. The van der Waals surface area contributed by atoms with E-state index < -0.39 is 5.54 Å². The summed E-state index contributed by atoms with van der Waals surface area (Å²) in [4.78, 5) is 29.0. The van der Waals surface area contributed by atoms with Gasteiger partial charge >= 0.3 is 6.03 Å². The van der Waals surface area contributed by atoms with Gasteiger partial charge in [-0.25, -0.2) is 9.69 Å². The number of amides is 3. The minimum Gasteiger partial charge on any atom is -0.319 e. The smallest absolute Gasteiger partial charge is 0.319 e. The van der Waals surface area contributed by atoms with Crippen LogP contribution >= 0.6 is 0 Å². The van der Waals surface area contributed by atoms with Gasteiger partial charge in [0.05, 0.1) is 6.67 Å². The second-order valence-electron chi connectivity index (χ2n) is 6.62. The number of carbonyl (C=O) groups excluding carboxylic acids is 2. The van der Waals surface area contributed by atoms with E-state index >= 15 is 0 Å². The Balaban J connectivity index is 1.81. The first-order chi connectivity index (χ1) is 11.1. The Hall–Kier alpha value is -1.88. The maximum absolute atomic E-state index is 13.0. The predicted molar refractivity (Wildman–Crippen MR) is 88.7 cm³/mol. The molecule has 1 aliphatic heterocycles. The van der Waals surface area contributed by atoms with E-state index in [0.717, 1.165) is 18.4 Å². The Morgan fingerprint density at radius 1 is 1.22 bits per heavy atom. The molecule has 1 saturated heterocycles. The van der Waals surface area contributed by atoms with Crippen LogP contribution in [0, 0.1) is 0 Å². The fourth-order valence-corrected chi connectivity index (χ4v) is 3.80. The van der Waals surface area contributed by atoms with Gasteiger partial charge in [-0.15, -0.1) is 0 Å². The molecule has 0 aromatic heterocycles. The van der Waals surface area contributed by atoms with Crippen LogP contribution in [0.5, 0.6) is 0 Å². The van der Waals surface area contributed by atoms with E-state index in [1.54, 1.807) is 0 Å². The van der Waals surface area contributed by atoms with Crippen LogP contribution in [0.2, 0.25) is 0 Å². The van der Waals surface area contributed by atoms with Crippen LogP contribution in [0.25, 0.3) is 0 Å². The quantitative estimate of drug-likeness (QED) is 0.850. The second-order valence-corrected chi connectivity index (χ2v) is 6.62. The summed E-state index contributed by atoms with van der Waals surface area (Å²) in [6.07, 6.45) is 5.32. The number of benzene rings is 1. The van der Waals surface area contributed by atoms with Crippen molar-refractivity contribution in [2.45, 2.75) is 50.6 Å². The van der Waals surface area contributed by atoms with Crippen molar-refractivity contribution >= 4 is 11.9 Å². The molecular formula is C18H25N3O2. The molecule has 1 aliphatic carbocycles. The minimum atomic E-state index is -0.922. The molecule has 1 atom stereocenters. The van der Waals surface area contributed by atoms with Crippen molar-refractivity contribution in [2.24, 2.45) is 0 Å². The summed E-state index contributed by atoms with van der Waals surface area (Å²) < 4.78 is 0. The van der Waals surface area contributed by atoms with Gasteiger partial charge in [0, 0.05) is 6.04 Å². The largest absolute Gasteiger partial charge is 0.326 e. The third-order valence-electron chi connectivity index (χ3n) is 5.29. The molecule has 0 spiro atoms. The maximum Gasteiger partial charge on any atom is 0.326 e. The number of nitrogens with one attached hydrogen (secondary N) is 1. The fourth-order valence-electron chi connectivity index (χ4n) is 3.80. The highest BCUT2D eigenvalue weighted by molar-refractivity contribution is 6.07. The molecule has 0 bridgehead atoms. The highest BCUT2D eigenvalue weighted by atomic mass is 16.2. The van der Waals surface area contributed by atoms with Gasteiger partial charge in [0.15, 0.2) is 0 Å². The molecule has 5 nitrogen and oxygen atoms in total. The summed E-state index contributed by atoms with van der Waals surface area (Å²) >= 11 is 0. The molecule has 1 N–H and O–H groups in total. The molecule has 3 amide bonds. The third kappa shape index (κ3) is 2.74. The van der Waals surface area contributed by atoms with E-state index in [1.165, 1.54) is 17.7 Å². The number of imide groups is 1. The summed E-state index contributed by atoms with van der Waals surface area (Å²) in [7, 11) is 2.00. The van der Waals surface area contributed by atoms with Gasteiger partial charge in [-0.2, -0.15) is 0 Å². The molecule has 5 heteroatoms. The summed E-state index contributed by atoms with van der Waals surface area (Å²) in [6, 6.07) is 9.73. The topological polar surface area (TPSA) is 52.7 Å². The molecule has 1 unspecified atom stereocenters. The lowest BCUT2D eigenvalue weighted by Crippen LogP contribution is -2.46. The first kappa shape index (κ1) is 16.0. The number of nitrogens with zero attached hydrogens (tertiary/aromatic N) is 2. The van der Waals surface area contributed by atoms with E-state index in [9.17, 15) is 9.59 Å². The van der Waals surface area contributed by atoms with Crippen molar-refractivity contribution < 1.29 is 9.59 Å². The van der Waals surface area contributed by atoms with Gasteiger partial charge in [-0.05, 0) is 31.9 Å².